The first-order chi connectivity index (χ1) is 8.22. The lowest BCUT2D eigenvalue weighted by Crippen LogP contribution is -2.35. The average molecular weight is 337 g/mol. The Morgan fingerprint density at radius 1 is 1.59 bits per heavy atom. The normalized spacial score (nSPS) is 19.9. The molecule has 1 aliphatic rings. The third kappa shape index (κ3) is 3.24. The van der Waals surface area contributed by atoms with E-state index in [0.29, 0.717) is 10.4 Å². The molecule has 0 N–H and O–H groups in total. The van der Waals surface area contributed by atoms with Crippen LogP contribution in [0.3, 0.4) is 0 Å². The molecule has 1 unspecified atom stereocenters. The van der Waals surface area contributed by atoms with Gasteiger partial charge in [-0.05, 0) is 37.8 Å². The summed E-state index contributed by atoms with van der Waals surface area (Å²) in [5.41, 5.74) is 0. The highest BCUT2D eigenvalue weighted by Crippen LogP contribution is 2.28. The van der Waals surface area contributed by atoms with Gasteiger partial charge in [-0.1, -0.05) is 27.5 Å². The van der Waals surface area contributed by atoms with Gasteiger partial charge in [-0.3, -0.25) is 4.79 Å². The van der Waals surface area contributed by atoms with Gasteiger partial charge in [0, 0.05) is 17.9 Å². The average Bonchev–Trinajstić information content (AvgIpc) is 2.94. The Balaban J connectivity index is 2.03. The van der Waals surface area contributed by atoms with Gasteiger partial charge in [-0.25, -0.2) is 0 Å². The molecule has 1 saturated heterocycles. The second-order valence-corrected chi connectivity index (χ2v) is 6.74. The van der Waals surface area contributed by atoms with Crippen LogP contribution in [0.4, 0.5) is 0 Å². The highest BCUT2D eigenvalue weighted by Gasteiger charge is 2.29. The molecular weight excluding hydrogens is 322 g/mol. The Labute approximate surface area is 119 Å². The van der Waals surface area contributed by atoms with Gasteiger partial charge in [0.1, 0.15) is 0 Å². The van der Waals surface area contributed by atoms with Crippen molar-refractivity contribution in [2.75, 3.05) is 11.9 Å². The second-order valence-electron chi connectivity index (χ2n) is 4.23. The predicted molar refractivity (Wildman–Crippen MR) is 76.4 cm³/mol. The molecule has 1 atom stereocenters. The molecule has 2 rings (SSSR count). The maximum atomic E-state index is 12.3. The van der Waals surface area contributed by atoms with E-state index in [9.17, 15) is 4.79 Å². The molecule has 1 aliphatic heterocycles. The van der Waals surface area contributed by atoms with E-state index in [1.807, 2.05) is 11.0 Å². The number of likely N-dealkylation sites (tertiary alicyclic amines) is 1. The summed E-state index contributed by atoms with van der Waals surface area (Å²) in [7, 11) is 0. The molecule has 17 heavy (non-hydrogen) atoms. The van der Waals surface area contributed by atoms with E-state index < -0.39 is 0 Å². The number of alkyl halides is 1. The summed E-state index contributed by atoms with van der Waals surface area (Å²) in [5.74, 6) is 0.152. The maximum absolute atomic E-state index is 12.3. The fourth-order valence-corrected chi connectivity index (χ4v) is 3.61. The van der Waals surface area contributed by atoms with Crippen LogP contribution in [0.1, 0.15) is 35.4 Å². The fraction of sp³-hybridized carbons (Fsp3) is 0.583. The highest BCUT2D eigenvalue weighted by atomic mass is 79.9. The fourth-order valence-electron chi connectivity index (χ4n) is 2.29. The summed E-state index contributed by atoms with van der Waals surface area (Å²) in [6.07, 6.45) is 4.48. The summed E-state index contributed by atoms with van der Waals surface area (Å²) < 4.78 is 0.685. The lowest BCUT2D eigenvalue weighted by molar-refractivity contribution is 0.0735. The smallest absolute Gasteiger partial charge is 0.264 e. The van der Waals surface area contributed by atoms with Crippen LogP contribution in [0.2, 0.25) is 4.34 Å². The number of carbonyl (C=O) groups excluding carboxylic acids is 1. The summed E-state index contributed by atoms with van der Waals surface area (Å²) >= 11 is 10.7. The van der Waals surface area contributed by atoms with Crippen molar-refractivity contribution in [2.45, 2.75) is 31.7 Å². The van der Waals surface area contributed by atoms with E-state index in [1.165, 1.54) is 11.3 Å². The first kappa shape index (κ1) is 13.4. The van der Waals surface area contributed by atoms with E-state index >= 15 is 0 Å². The van der Waals surface area contributed by atoms with Crippen molar-refractivity contribution in [1.82, 2.24) is 4.90 Å². The van der Waals surface area contributed by atoms with Crippen LogP contribution < -0.4 is 0 Å². The molecule has 0 saturated carbocycles. The van der Waals surface area contributed by atoms with Crippen molar-refractivity contribution < 1.29 is 4.79 Å². The molecule has 1 amide bonds. The zero-order valence-electron chi connectivity index (χ0n) is 9.49. The van der Waals surface area contributed by atoms with Gasteiger partial charge in [0.05, 0.1) is 9.21 Å². The van der Waals surface area contributed by atoms with Crippen LogP contribution in [0.25, 0.3) is 0 Å². The first-order valence-corrected chi connectivity index (χ1v) is 8.16. The zero-order valence-corrected chi connectivity index (χ0v) is 12.7. The minimum absolute atomic E-state index is 0.152. The van der Waals surface area contributed by atoms with Gasteiger partial charge in [0.15, 0.2) is 0 Å². The number of halogens is 2. The van der Waals surface area contributed by atoms with Gasteiger partial charge < -0.3 is 4.90 Å². The van der Waals surface area contributed by atoms with Crippen molar-refractivity contribution in [3.05, 3.63) is 21.3 Å². The Bertz CT molecular complexity index is 396. The molecule has 5 heteroatoms. The minimum atomic E-state index is 0.152. The van der Waals surface area contributed by atoms with Crippen LogP contribution in [0.5, 0.6) is 0 Å². The monoisotopic (exact) mass is 335 g/mol. The SMILES string of the molecule is O=C(c1ccc(Cl)s1)N1CCCC1CCCBr. The molecule has 2 nitrogen and oxygen atoms in total. The van der Waals surface area contributed by atoms with Crippen LogP contribution in [-0.4, -0.2) is 28.7 Å². The molecule has 1 aromatic heterocycles. The zero-order chi connectivity index (χ0) is 12.3. The largest absolute Gasteiger partial charge is 0.335 e. The molecule has 0 aromatic carbocycles. The van der Waals surface area contributed by atoms with Gasteiger partial charge in [0.25, 0.3) is 5.91 Å². The third-order valence-corrected chi connectivity index (χ3v) is 4.87. The van der Waals surface area contributed by atoms with Crippen molar-refractivity contribution in [1.29, 1.82) is 0 Å². The summed E-state index contributed by atoms with van der Waals surface area (Å²) in [6.45, 7) is 0.890. The molecule has 94 valence electrons. The van der Waals surface area contributed by atoms with Gasteiger partial charge in [0.2, 0.25) is 0 Å². The lowest BCUT2D eigenvalue weighted by Gasteiger charge is -2.23. The number of carbonyl (C=O) groups is 1. The Morgan fingerprint density at radius 2 is 2.41 bits per heavy atom. The first-order valence-electron chi connectivity index (χ1n) is 5.84. The number of rotatable bonds is 4. The predicted octanol–water partition coefficient (Wildman–Crippen LogP) is 4.18. The van der Waals surface area contributed by atoms with Gasteiger partial charge in [-0.15, -0.1) is 11.3 Å². The number of hydrogen-bond donors (Lipinski definition) is 0. The van der Waals surface area contributed by atoms with Crippen molar-refractivity contribution in [3.8, 4) is 0 Å². The minimum Gasteiger partial charge on any atom is -0.335 e. The van der Waals surface area contributed by atoms with Crippen LogP contribution in [0.15, 0.2) is 12.1 Å². The Kier molecular flexibility index (Phi) is 4.88. The number of thiophene rings is 1. The Hall–Kier alpha value is -0.0600. The highest BCUT2D eigenvalue weighted by molar-refractivity contribution is 9.09. The molecule has 1 aromatic rings. The van der Waals surface area contributed by atoms with Gasteiger partial charge in [-0.2, -0.15) is 0 Å². The van der Waals surface area contributed by atoms with Crippen LogP contribution >= 0.6 is 38.9 Å². The molecule has 0 radical (unpaired) electrons. The maximum Gasteiger partial charge on any atom is 0.264 e. The van der Waals surface area contributed by atoms with Crippen molar-refractivity contribution in [3.63, 3.8) is 0 Å². The van der Waals surface area contributed by atoms with E-state index in [1.54, 1.807) is 6.07 Å². The quantitative estimate of drug-likeness (QED) is 0.755. The second kappa shape index (κ2) is 6.21. The Morgan fingerprint density at radius 3 is 3.06 bits per heavy atom. The van der Waals surface area contributed by atoms with Gasteiger partial charge >= 0.3 is 0 Å². The van der Waals surface area contributed by atoms with E-state index in [0.717, 1.165) is 42.4 Å². The number of nitrogens with zero attached hydrogens (tertiary/aromatic N) is 1. The number of amides is 1. The van der Waals surface area contributed by atoms with E-state index in [-0.39, 0.29) is 5.91 Å². The molecule has 2 heterocycles. The van der Waals surface area contributed by atoms with Crippen molar-refractivity contribution in [2.24, 2.45) is 0 Å². The van der Waals surface area contributed by atoms with Crippen LogP contribution in [-0.2, 0) is 0 Å². The summed E-state index contributed by atoms with van der Waals surface area (Å²) in [5, 5.41) is 1.01. The molecular formula is C12H15BrClNOS. The van der Waals surface area contributed by atoms with E-state index in [4.69, 9.17) is 11.6 Å². The molecule has 0 bridgehead atoms. The van der Waals surface area contributed by atoms with Crippen LogP contribution in [0, 0.1) is 0 Å². The molecule has 1 fully saturated rings. The summed E-state index contributed by atoms with van der Waals surface area (Å²) in [4.78, 5) is 15.1. The van der Waals surface area contributed by atoms with Crippen molar-refractivity contribution >= 4 is 44.8 Å². The molecule has 0 spiro atoms. The lowest BCUT2D eigenvalue weighted by atomic mass is 10.1. The van der Waals surface area contributed by atoms with E-state index in [2.05, 4.69) is 15.9 Å². The third-order valence-electron chi connectivity index (χ3n) is 3.09. The summed E-state index contributed by atoms with van der Waals surface area (Å²) in [6, 6.07) is 4.04. The standard InChI is InChI=1S/C12H15BrClNOS/c13-7-1-3-9-4-2-8-15(9)12(16)10-5-6-11(14)17-10/h5-6,9H,1-4,7-8H2. The number of hydrogen-bond acceptors (Lipinski definition) is 2. The molecule has 0 aliphatic carbocycles. The topological polar surface area (TPSA) is 20.3 Å².